The van der Waals surface area contributed by atoms with E-state index in [0.29, 0.717) is 25.6 Å². The summed E-state index contributed by atoms with van der Waals surface area (Å²) in [5.41, 5.74) is 0. The Hall–Kier alpha value is -1.11. The fourth-order valence-electron chi connectivity index (χ4n) is 3.32. The Bertz CT molecular complexity index is 797. The maximum Gasteiger partial charge on any atom is 0.211 e. The molecule has 0 unspecified atom stereocenters. The van der Waals surface area contributed by atoms with Crippen LogP contribution in [0, 0.1) is 0 Å². The molecule has 3 heterocycles. The van der Waals surface area contributed by atoms with Crippen molar-refractivity contribution in [2.75, 3.05) is 32.4 Å². The topological polar surface area (TPSA) is 86.9 Å². The summed E-state index contributed by atoms with van der Waals surface area (Å²) >= 11 is 1.74. The second-order valence-electron chi connectivity index (χ2n) is 6.87. The van der Waals surface area contributed by atoms with Gasteiger partial charge in [0.2, 0.25) is 10.0 Å². The molecule has 1 saturated heterocycles. The molecule has 1 fully saturated rings. The maximum atomic E-state index is 11.9. The Labute approximate surface area is 194 Å². The molecule has 0 saturated carbocycles. The Kier molecular flexibility index (Phi) is 9.93. The van der Waals surface area contributed by atoms with Crippen LogP contribution in [0.1, 0.15) is 23.5 Å². The van der Waals surface area contributed by atoms with Crippen molar-refractivity contribution in [1.82, 2.24) is 14.9 Å². The van der Waals surface area contributed by atoms with E-state index >= 15 is 0 Å². The van der Waals surface area contributed by atoms with E-state index in [0.717, 1.165) is 38.0 Å². The maximum absolute atomic E-state index is 11.9. The summed E-state index contributed by atoms with van der Waals surface area (Å²) in [5, 5.41) is 8.77. The average Bonchev–Trinajstić information content (AvgIpc) is 3.40. The lowest BCUT2D eigenvalue weighted by molar-refractivity contribution is 0.396. The van der Waals surface area contributed by atoms with Crippen LogP contribution in [0.25, 0.3) is 0 Å². The highest BCUT2D eigenvalue weighted by Gasteiger charge is 2.31. The predicted octanol–water partition coefficient (Wildman–Crippen LogP) is 2.70. The van der Waals surface area contributed by atoms with E-state index < -0.39 is 10.0 Å². The molecule has 10 heteroatoms. The van der Waals surface area contributed by atoms with E-state index in [4.69, 9.17) is 4.42 Å². The highest BCUT2D eigenvalue weighted by molar-refractivity contribution is 14.0. The van der Waals surface area contributed by atoms with Gasteiger partial charge in [0.05, 0.1) is 19.1 Å². The van der Waals surface area contributed by atoms with Crippen LogP contribution >= 0.6 is 35.3 Å². The van der Waals surface area contributed by atoms with Crippen LogP contribution in [0.15, 0.2) is 45.3 Å². The number of halogens is 1. The van der Waals surface area contributed by atoms with Crippen LogP contribution in [0.2, 0.25) is 0 Å². The largest absolute Gasteiger partial charge is 0.469 e. The third kappa shape index (κ3) is 7.91. The van der Waals surface area contributed by atoms with Crippen molar-refractivity contribution in [3.05, 3.63) is 46.5 Å². The molecule has 1 aliphatic rings. The number of aliphatic imine (C=N–C) groups is 1. The van der Waals surface area contributed by atoms with E-state index in [1.165, 1.54) is 11.1 Å². The third-order valence-electron chi connectivity index (χ3n) is 4.70. The minimum atomic E-state index is -3.18. The minimum absolute atomic E-state index is 0. The number of nitrogens with zero attached hydrogens (tertiary/aromatic N) is 2. The molecule has 0 bridgehead atoms. The van der Waals surface area contributed by atoms with Gasteiger partial charge in [0.1, 0.15) is 5.76 Å². The van der Waals surface area contributed by atoms with Gasteiger partial charge in [-0.05, 0) is 42.8 Å². The smallest absolute Gasteiger partial charge is 0.211 e. The van der Waals surface area contributed by atoms with Gasteiger partial charge in [-0.2, -0.15) is 4.31 Å². The SMILES string of the molecule is CS(=O)(=O)N1CCC[C@@H]1CN=C(NCCc1ccco1)NCCc1cccs1.I. The van der Waals surface area contributed by atoms with E-state index in [1.807, 2.05) is 12.1 Å². The number of furan rings is 1. The molecular formula is C19H29IN4O3S2. The molecule has 7 nitrogen and oxygen atoms in total. The summed E-state index contributed by atoms with van der Waals surface area (Å²) in [6.45, 7) is 2.51. The molecule has 0 aliphatic carbocycles. The zero-order valence-electron chi connectivity index (χ0n) is 16.5. The van der Waals surface area contributed by atoms with Gasteiger partial charge in [0.25, 0.3) is 0 Å². The second kappa shape index (κ2) is 11.9. The van der Waals surface area contributed by atoms with Crippen LogP contribution in [0.3, 0.4) is 0 Å². The number of nitrogens with one attached hydrogen (secondary N) is 2. The highest BCUT2D eigenvalue weighted by atomic mass is 127. The molecule has 3 rings (SSSR count). The standard InChI is InChI=1S/C19H28N4O3S2.HI/c1-28(24,25)23-12-2-5-16(23)15-22-19(20-10-8-17-6-3-13-26-17)21-11-9-18-7-4-14-27-18;/h3-4,6-7,13-14,16H,2,5,8-12,15H2,1H3,(H2,20,21,22);1H/t16-;/m1./s1. The summed E-state index contributed by atoms with van der Waals surface area (Å²) < 4.78 is 30.8. The quantitative estimate of drug-likeness (QED) is 0.284. The molecule has 0 spiro atoms. The molecule has 1 atom stereocenters. The number of rotatable bonds is 9. The van der Waals surface area contributed by atoms with Crippen LogP contribution in [0.4, 0.5) is 0 Å². The molecule has 2 N–H and O–H groups in total. The molecule has 29 heavy (non-hydrogen) atoms. The van der Waals surface area contributed by atoms with Gasteiger partial charge >= 0.3 is 0 Å². The fourth-order valence-corrected chi connectivity index (χ4v) is 5.20. The van der Waals surface area contributed by atoms with Gasteiger partial charge in [-0.15, -0.1) is 35.3 Å². The molecule has 0 radical (unpaired) electrons. The van der Waals surface area contributed by atoms with Crippen molar-refractivity contribution in [3.8, 4) is 0 Å². The van der Waals surface area contributed by atoms with Gasteiger partial charge in [-0.3, -0.25) is 4.99 Å². The first kappa shape index (κ1) is 24.2. The Balaban J connectivity index is 0.00000300. The van der Waals surface area contributed by atoms with Crippen molar-refractivity contribution >= 4 is 51.3 Å². The third-order valence-corrected chi connectivity index (χ3v) is 6.97. The van der Waals surface area contributed by atoms with Gasteiger partial charge in [0, 0.05) is 37.0 Å². The number of sulfonamides is 1. The highest BCUT2D eigenvalue weighted by Crippen LogP contribution is 2.20. The van der Waals surface area contributed by atoms with Gasteiger partial charge < -0.3 is 15.1 Å². The lowest BCUT2D eigenvalue weighted by Gasteiger charge is -2.21. The minimum Gasteiger partial charge on any atom is -0.469 e. The molecule has 2 aromatic rings. The Morgan fingerprint density at radius 2 is 2.07 bits per heavy atom. The Morgan fingerprint density at radius 3 is 2.72 bits per heavy atom. The summed E-state index contributed by atoms with van der Waals surface area (Å²) in [7, 11) is -3.18. The molecule has 162 valence electrons. The summed E-state index contributed by atoms with van der Waals surface area (Å²) in [4.78, 5) is 5.99. The zero-order valence-corrected chi connectivity index (χ0v) is 20.5. The van der Waals surface area contributed by atoms with E-state index in [2.05, 4.69) is 33.1 Å². The number of hydrogen-bond acceptors (Lipinski definition) is 5. The van der Waals surface area contributed by atoms with Crippen LogP contribution in [-0.2, 0) is 22.9 Å². The number of hydrogen-bond donors (Lipinski definition) is 2. The first-order chi connectivity index (χ1) is 13.5. The molecule has 1 aliphatic heterocycles. The summed E-state index contributed by atoms with van der Waals surface area (Å²) in [6.07, 6.45) is 6.37. The van der Waals surface area contributed by atoms with Crippen molar-refractivity contribution in [2.24, 2.45) is 4.99 Å². The van der Waals surface area contributed by atoms with Crippen LogP contribution in [0.5, 0.6) is 0 Å². The van der Waals surface area contributed by atoms with E-state index in [1.54, 1.807) is 21.9 Å². The monoisotopic (exact) mass is 552 g/mol. The normalized spacial score (nSPS) is 17.8. The van der Waals surface area contributed by atoms with Crippen molar-refractivity contribution in [3.63, 3.8) is 0 Å². The lowest BCUT2D eigenvalue weighted by Crippen LogP contribution is -2.41. The molecular weight excluding hydrogens is 523 g/mol. The molecule has 0 amide bonds. The first-order valence-corrected chi connectivity index (χ1v) is 12.3. The zero-order chi connectivity index (χ0) is 19.8. The number of guanidine groups is 1. The lowest BCUT2D eigenvalue weighted by atomic mass is 10.2. The molecule has 0 aromatic carbocycles. The molecule has 2 aromatic heterocycles. The van der Waals surface area contributed by atoms with E-state index in [9.17, 15) is 8.42 Å². The second-order valence-corrected chi connectivity index (χ2v) is 9.84. The summed E-state index contributed by atoms with van der Waals surface area (Å²) in [5.74, 6) is 1.63. The first-order valence-electron chi connectivity index (χ1n) is 9.56. The average molecular weight is 553 g/mol. The number of thiophene rings is 1. The fraction of sp³-hybridized carbons (Fsp3) is 0.526. The van der Waals surface area contributed by atoms with Crippen molar-refractivity contribution < 1.29 is 12.8 Å². The van der Waals surface area contributed by atoms with Crippen LogP contribution < -0.4 is 10.6 Å². The van der Waals surface area contributed by atoms with Crippen LogP contribution in [-0.4, -0.2) is 57.2 Å². The summed E-state index contributed by atoms with van der Waals surface area (Å²) in [6, 6.07) is 7.94. The van der Waals surface area contributed by atoms with E-state index in [-0.39, 0.29) is 30.0 Å². The van der Waals surface area contributed by atoms with Gasteiger partial charge in [-0.25, -0.2) is 8.42 Å². The van der Waals surface area contributed by atoms with Gasteiger partial charge in [-0.1, -0.05) is 6.07 Å². The van der Waals surface area contributed by atoms with Crippen molar-refractivity contribution in [2.45, 2.75) is 31.7 Å². The predicted molar refractivity (Wildman–Crippen MR) is 129 cm³/mol. The van der Waals surface area contributed by atoms with Crippen molar-refractivity contribution in [1.29, 1.82) is 0 Å². The Morgan fingerprint density at radius 1 is 1.28 bits per heavy atom. The van der Waals surface area contributed by atoms with Gasteiger partial charge in [0.15, 0.2) is 5.96 Å².